The summed E-state index contributed by atoms with van der Waals surface area (Å²) in [5, 5.41) is 2.95. The first-order chi connectivity index (χ1) is 9.90. The lowest BCUT2D eigenvalue weighted by Crippen LogP contribution is -2.12. The fourth-order valence-corrected chi connectivity index (χ4v) is 2.87. The molecule has 2 rings (SSSR count). The minimum Gasteiger partial charge on any atom is -0.354 e. The molecule has 0 radical (unpaired) electrons. The summed E-state index contributed by atoms with van der Waals surface area (Å²) in [5.74, 6) is -0.0260. The van der Waals surface area contributed by atoms with Crippen LogP contribution in [-0.4, -0.2) is 16.5 Å². The van der Waals surface area contributed by atoms with Gasteiger partial charge in [-0.2, -0.15) is 13.2 Å². The molecule has 8 heteroatoms. The number of hydrogen-bond donors (Lipinski definition) is 1. The summed E-state index contributed by atoms with van der Waals surface area (Å²) in [4.78, 5) is 8.36. The topological polar surface area (TPSA) is 37.8 Å². The summed E-state index contributed by atoms with van der Waals surface area (Å²) >= 11 is 4.51. The van der Waals surface area contributed by atoms with Crippen LogP contribution in [0.1, 0.15) is 12.6 Å². The molecule has 1 N–H and O–H groups in total. The van der Waals surface area contributed by atoms with Crippen LogP contribution in [-0.2, 0) is 6.18 Å². The van der Waals surface area contributed by atoms with E-state index >= 15 is 0 Å². The van der Waals surface area contributed by atoms with Gasteiger partial charge in [-0.1, -0.05) is 23.9 Å². The van der Waals surface area contributed by atoms with E-state index in [1.54, 1.807) is 13.0 Å². The van der Waals surface area contributed by atoms with Crippen molar-refractivity contribution in [3.05, 3.63) is 40.5 Å². The van der Waals surface area contributed by atoms with Crippen LogP contribution in [0.3, 0.4) is 0 Å². The maximum absolute atomic E-state index is 12.9. The van der Waals surface area contributed by atoms with Crippen LogP contribution in [0.2, 0.25) is 0 Å². The molecule has 0 aliphatic carbocycles. The van der Waals surface area contributed by atoms with Gasteiger partial charge in [0.1, 0.15) is 5.03 Å². The summed E-state index contributed by atoms with van der Waals surface area (Å²) in [5.41, 5.74) is -0.956. The van der Waals surface area contributed by atoms with Gasteiger partial charge >= 0.3 is 6.18 Å². The molecule has 0 unspecified atom stereocenters. The summed E-state index contributed by atoms with van der Waals surface area (Å²) in [6.07, 6.45) is -4.50. The second kappa shape index (κ2) is 6.65. The van der Waals surface area contributed by atoms with Crippen molar-refractivity contribution >= 4 is 33.6 Å². The smallest absolute Gasteiger partial charge is 0.354 e. The van der Waals surface area contributed by atoms with Crippen molar-refractivity contribution in [1.82, 2.24) is 9.97 Å². The average molecular weight is 378 g/mol. The Balaban J connectivity index is 2.38. The Kier molecular flexibility index (Phi) is 5.10. The Labute approximate surface area is 132 Å². The summed E-state index contributed by atoms with van der Waals surface area (Å²) in [6.45, 7) is 2.21. The fourth-order valence-electron chi connectivity index (χ4n) is 1.50. The Bertz CT molecular complexity index is 634. The lowest BCUT2D eigenvalue weighted by molar-refractivity contribution is -0.141. The largest absolute Gasteiger partial charge is 0.433 e. The van der Waals surface area contributed by atoms with Gasteiger partial charge in [-0.15, -0.1) is 0 Å². The molecule has 0 spiro atoms. The standard InChI is InChI=1S/C13H11BrF3N3S/c1-2-18-12-19-10(13(15,16)17)7-11(20-12)21-9-6-4-3-5-8(9)14/h3-7H,2H2,1H3,(H,18,19,20). The van der Waals surface area contributed by atoms with Gasteiger partial charge in [0, 0.05) is 22.0 Å². The van der Waals surface area contributed by atoms with Crippen molar-refractivity contribution < 1.29 is 13.2 Å². The second-order valence-electron chi connectivity index (χ2n) is 3.98. The predicted molar refractivity (Wildman–Crippen MR) is 79.5 cm³/mol. The van der Waals surface area contributed by atoms with Gasteiger partial charge in [0.15, 0.2) is 5.69 Å². The van der Waals surface area contributed by atoms with E-state index in [1.165, 1.54) is 0 Å². The molecule has 1 aromatic heterocycles. The molecular formula is C13H11BrF3N3S. The first-order valence-electron chi connectivity index (χ1n) is 6.02. The van der Waals surface area contributed by atoms with E-state index in [0.29, 0.717) is 6.54 Å². The molecule has 0 bridgehead atoms. The molecule has 21 heavy (non-hydrogen) atoms. The molecule has 0 atom stereocenters. The highest BCUT2D eigenvalue weighted by Crippen LogP contribution is 2.35. The molecule has 0 saturated carbocycles. The third-order valence-corrected chi connectivity index (χ3v) is 4.33. The van der Waals surface area contributed by atoms with E-state index in [4.69, 9.17) is 0 Å². The molecule has 0 amide bonds. The van der Waals surface area contributed by atoms with E-state index in [2.05, 4.69) is 31.2 Å². The van der Waals surface area contributed by atoms with E-state index in [1.807, 2.05) is 18.2 Å². The number of aromatic nitrogens is 2. The number of nitrogens with zero attached hydrogens (tertiary/aromatic N) is 2. The van der Waals surface area contributed by atoms with E-state index < -0.39 is 11.9 Å². The Hall–Kier alpha value is -1.28. The lowest BCUT2D eigenvalue weighted by atomic mass is 10.4. The fraction of sp³-hybridized carbons (Fsp3) is 0.231. The molecular weight excluding hydrogens is 367 g/mol. The monoisotopic (exact) mass is 377 g/mol. The van der Waals surface area contributed by atoms with Crippen molar-refractivity contribution in [2.24, 2.45) is 0 Å². The number of alkyl halides is 3. The normalized spacial score (nSPS) is 11.5. The molecule has 1 aromatic carbocycles. The van der Waals surface area contributed by atoms with Gasteiger partial charge in [-0.3, -0.25) is 0 Å². The predicted octanol–water partition coefficient (Wildman–Crippen LogP) is 4.84. The highest BCUT2D eigenvalue weighted by Gasteiger charge is 2.33. The zero-order valence-electron chi connectivity index (χ0n) is 10.9. The first kappa shape index (κ1) is 16.1. The van der Waals surface area contributed by atoms with Gasteiger partial charge < -0.3 is 5.32 Å². The highest BCUT2D eigenvalue weighted by atomic mass is 79.9. The van der Waals surface area contributed by atoms with Gasteiger partial charge in [0.25, 0.3) is 0 Å². The van der Waals surface area contributed by atoms with Crippen LogP contribution in [0.5, 0.6) is 0 Å². The molecule has 0 aliphatic rings. The number of nitrogens with one attached hydrogen (secondary N) is 1. The zero-order chi connectivity index (χ0) is 15.5. The highest BCUT2D eigenvalue weighted by molar-refractivity contribution is 9.10. The molecule has 0 fully saturated rings. The number of rotatable bonds is 4. The SMILES string of the molecule is CCNc1nc(Sc2ccccc2Br)cc(C(F)(F)F)n1. The molecule has 2 aromatic rings. The Morgan fingerprint density at radius 3 is 2.57 bits per heavy atom. The van der Waals surface area contributed by atoms with Gasteiger partial charge in [0.2, 0.25) is 5.95 Å². The Morgan fingerprint density at radius 1 is 1.24 bits per heavy atom. The zero-order valence-corrected chi connectivity index (χ0v) is 13.3. The quantitative estimate of drug-likeness (QED) is 0.773. The van der Waals surface area contributed by atoms with Gasteiger partial charge in [0.05, 0.1) is 0 Å². The van der Waals surface area contributed by atoms with Crippen molar-refractivity contribution in [2.45, 2.75) is 23.0 Å². The van der Waals surface area contributed by atoms with Gasteiger partial charge in [-0.05, 0) is 35.0 Å². The van der Waals surface area contributed by atoms with Crippen molar-refractivity contribution in [3.8, 4) is 0 Å². The van der Waals surface area contributed by atoms with E-state index in [-0.39, 0.29) is 11.0 Å². The molecule has 0 saturated heterocycles. The number of hydrogen-bond acceptors (Lipinski definition) is 4. The first-order valence-corrected chi connectivity index (χ1v) is 7.63. The molecule has 3 nitrogen and oxygen atoms in total. The second-order valence-corrected chi connectivity index (χ2v) is 5.89. The maximum Gasteiger partial charge on any atom is 0.433 e. The number of anilines is 1. The molecule has 112 valence electrons. The Morgan fingerprint density at radius 2 is 1.95 bits per heavy atom. The van der Waals surface area contributed by atoms with E-state index in [9.17, 15) is 13.2 Å². The number of halogens is 4. The molecule has 1 heterocycles. The summed E-state index contributed by atoms with van der Waals surface area (Å²) < 4.78 is 39.4. The third kappa shape index (κ3) is 4.34. The van der Waals surface area contributed by atoms with Crippen LogP contribution in [0.15, 0.2) is 44.7 Å². The average Bonchev–Trinajstić information content (AvgIpc) is 2.41. The van der Waals surface area contributed by atoms with E-state index in [0.717, 1.165) is 27.2 Å². The lowest BCUT2D eigenvalue weighted by Gasteiger charge is -2.11. The maximum atomic E-state index is 12.9. The van der Waals surface area contributed by atoms with Crippen molar-refractivity contribution in [3.63, 3.8) is 0 Å². The van der Waals surface area contributed by atoms with Gasteiger partial charge in [-0.25, -0.2) is 9.97 Å². The number of benzene rings is 1. The van der Waals surface area contributed by atoms with Crippen LogP contribution in [0.25, 0.3) is 0 Å². The molecule has 0 aliphatic heterocycles. The van der Waals surface area contributed by atoms with Crippen LogP contribution < -0.4 is 5.32 Å². The van der Waals surface area contributed by atoms with Crippen LogP contribution >= 0.6 is 27.7 Å². The van der Waals surface area contributed by atoms with Crippen LogP contribution in [0.4, 0.5) is 19.1 Å². The van der Waals surface area contributed by atoms with Crippen LogP contribution in [0, 0.1) is 0 Å². The minimum absolute atomic E-state index is 0.0260. The minimum atomic E-state index is -4.50. The summed E-state index contributed by atoms with van der Waals surface area (Å²) in [6, 6.07) is 8.21. The van der Waals surface area contributed by atoms with Crippen molar-refractivity contribution in [2.75, 3.05) is 11.9 Å². The summed E-state index contributed by atoms with van der Waals surface area (Å²) in [7, 11) is 0. The third-order valence-electron chi connectivity index (χ3n) is 2.38. The van der Waals surface area contributed by atoms with Crippen molar-refractivity contribution in [1.29, 1.82) is 0 Å².